The molecule has 0 aromatic heterocycles. The second-order valence-electron chi connectivity index (χ2n) is 4.93. The van der Waals surface area contributed by atoms with Gasteiger partial charge < -0.3 is 0 Å². The van der Waals surface area contributed by atoms with E-state index in [1.807, 2.05) is 0 Å². The second-order valence-corrected chi connectivity index (χ2v) is 4.93. The van der Waals surface area contributed by atoms with Gasteiger partial charge in [0.1, 0.15) is 0 Å². The van der Waals surface area contributed by atoms with Gasteiger partial charge in [-0.1, -0.05) is 35.9 Å². The van der Waals surface area contributed by atoms with Crippen molar-refractivity contribution in [1.82, 2.24) is 4.90 Å². The SMILES string of the molecule is Cc1ccc(C2=CCN(C(C)C)CC2)cc1. The monoisotopic (exact) mass is 215 g/mol. The first-order valence-corrected chi connectivity index (χ1v) is 6.17. The van der Waals surface area contributed by atoms with Gasteiger partial charge in [0.2, 0.25) is 0 Å². The Bertz CT molecular complexity index is 373. The van der Waals surface area contributed by atoms with Crippen LogP contribution in [0.4, 0.5) is 0 Å². The summed E-state index contributed by atoms with van der Waals surface area (Å²) in [6, 6.07) is 9.55. The zero-order valence-electron chi connectivity index (χ0n) is 10.5. The van der Waals surface area contributed by atoms with E-state index in [4.69, 9.17) is 0 Å². The van der Waals surface area contributed by atoms with Crippen molar-refractivity contribution >= 4 is 5.57 Å². The van der Waals surface area contributed by atoms with E-state index in [9.17, 15) is 0 Å². The predicted octanol–water partition coefficient (Wildman–Crippen LogP) is 3.49. The van der Waals surface area contributed by atoms with Crippen molar-refractivity contribution in [2.24, 2.45) is 0 Å². The lowest BCUT2D eigenvalue weighted by Gasteiger charge is -2.29. The minimum absolute atomic E-state index is 0.663. The molecule has 16 heavy (non-hydrogen) atoms. The molecular weight excluding hydrogens is 194 g/mol. The van der Waals surface area contributed by atoms with Crippen LogP contribution in [0.5, 0.6) is 0 Å². The molecule has 0 atom stereocenters. The first-order chi connectivity index (χ1) is 7.66. The molecule has 0 radical (unpaired) electrons. The van der Waals surface area contributed by atoms with Crippen LogP contribution in [0.15, 0.2) is 30.3 Å². The van der Waals surface area contributed by atoms with Crippen molar-refractivity contribution in [3.63, 3.8) is 0 Å². The van der Waals surface area contributed by atoms with E-state index in [2.05, 4.69) is 56.0 Å². The van der Waals surface area contributed by atoms with E-state index in [1.54, 1.807) is 0 Å². The Morgan fingerprint density at radius 2 is 1.81 bits per heavy atom. The molecule has 1 aliphatic rings. The van der Waals surface area contributed by atoms with Gasteiger partial charge in [-0.2, -0.15) is 0 Å². The van der Waals surface area contributed by atoms with E-state index < -0.39 is 0 Å². The minimum Gasteiger partial charge on any atom is -0.297 e. The molecule has 86 valence electrons. The molecule has 0 spiro atoms. The van der Waals surface area contributed by atoms with Crippen LogP contribution in [-0.2, 0) is 0 Å². The van der Waals surface area contributed by atoms with Crippen LogP contribution in [0, 0.1) is 6.92 Å². The number of hydrogen-bond donors (Lipinski definition) is 0. The Balaban J connectivity index is 2.10. The summed E-state index contributed by atoms with van der Waals surface area (Å²) >= 11 is 0. The lowest BCUT2D eigenvalue weighted by atomic mass is 9.98. The number of aryl methyl sites for hydroxylation is 1. The Kier molecular flexibility index (Phi) is 3.45. The maximum atomic E-state index is 2.51. The van der Waals surface area contributed by atoms with Gasteiger partial charge in [-0.05, 0) is 38.3 Å². The average Bonchev–Trinajstić information content (AvgIpc) is 2.30. The smallest absolute Gasteiger partial charge is 0.0171 e. The molecule has 0 amide bonds. The molecule has 0 saturated heterocycles. The largest absolute Gasteiger partial charge is 0.297 e. The zero-order valence-corrected chi connectivity index (χ0v) is 10.5. The van der Waals surface area contributed by atoms with E-state index in [-0.39, 0.29) is 0 Å². The van der Waals surface area contributed by atoms with Gasteiger partial charge >= 0.3 is 0 Å². The van der Waals surface area contributed by atoms with E-state index in [0.29, 0.717) is 6.04 Å². The average molecular weight is 215 g/mol. The molecule has 0 bridgehead atoms. The van der Waals surface area contributed by atoms with Crippen molar-refractivity contribution in [3.05, 3.63) is 41.5 Å². The summed E-state index contributed by atoms with van der Waals surface area (Å²) in [4.78, 5) is 2.51. The zero-order chi connectivity index (χ0) is 11.5. The van der Waals surface area contributed by atoms with Crippen LogP contribution in [0.3, 0.4) is 0 Å². The first kappa shape index (κ1) is 11.4. The Morgan fingerprint density at radius 3 is 2.31 bits per heavy atom. The summed E-state index contributed by atoms with van der Waals surface area (Å²) in [5.41, 5.74) is 4.25. The molecule has 0 unspecified atom stereocenters. The third kappa shape index (κ3) is 2.53. The van der Waals surface area contributed by atoms with E-state index in [0.717, 1.165) is 6.54 Å². The van der Waals surface area contributed by atoms with Crippen LogP contribution in [0.25, 0.3) is 5.57 Å². The second kappa shape index (κ2) is 4.84. The molecular formula is C15H21N. The lowest BCUT2D eigenvalue weighted by Crippen LogP contribution is -2.34. The van der Waals surface area contributed by atoms with E-state index in [1.165, 1.54) is 29.7 Å². The molecule has 1 aliphatic heterocycles. The van der Waals surface area contributed by atoms with Gasteiger partial charge in [0.15, 0.2) is 0 Å². The fourth-order valence-electron chi connectivity index (χ4n) is 2.18. The van der Waals surface area contributed by atoms with Crippen LogP contribution in [-0.4, -0.2) is 24.0 Å². The molecule has 0 fully saturated rings. The van der Waals surface area contributed by atoms with Crippen molar-refractivity contribution in [2.45, 2.75) is 33.2 Å². The molecule has 0 N–H and O–H groups in total. The van der Waals surface area contributed by atoms with Crippen molar-refractivity contribution in [1.29, 1.82) is 0 Å². The quantitative estimate of drug-likeness (QED) is 0.730. The fourth-order valence-corrected chi connectivity index (χ4v) is 2.18. The summed E-state index contributed by atoms with van der Waals surface area (Å²) in [5.74, 6) is 0. The predicted molar refractivity (Wildman–Crippen MR) is 70.5 cm³/mol. The molecule has 1 nitrogen and oxygen atoms in total. The summed E-state index contributed by atoms with van der Waals surface area (Å²) in [5, 5.41) is 0. The van der Waals surface area contributed by atoms with Gasteiger partial charge in [0.25, 0.3) is 0 Å². The van der Waals surface area contributed by atoms with Gasteiger partial charge in [0, 0.05) is 19.1 Å². The number of benzene rings is 1. The Labute approximate surface area is 98.8 Å². The third-order valence-electron chi connectivity index (χ3n) is 3.39. The molecule has 1 aromatic rings. The highest BCUT2D eigenvalue weighted by Crippen LogP contribution is 2.23. The van der Waals surface area contributed by atoms with Crippen LogP contribution >= 0.6 is 0 Å². The number of rotatable bonds is 2. The van der Waals surface area contributed by atoms with Crippen LogP contribution in [0.1, 0.15) is 31.4 Å². The highest BCUT2D eigenvalue weighted by molar-refractivity contribution is 5.66. The highest BCUT2D eigenvalue weighted by Gasteiger charge is 2.14. The van der Waals surface area contributed by atoms with Gasteiger partial charge in [-0.25, -0.2) is 0 Å². The topological polar surface area (TPSA) is 3.24 Å². The fraction of sp³-hybridized carbons (Fsp3) is 0.467. The summed E-state index contributed by atoms with van der Waals surface area (Å²) in [7, 11) is 0. The Hall–Kier alpha value is -1.08. The van der Waals surface area contributed by atoms with Crippen molar-refractivity contribution in [3.8, 4) is 0 Å². The highest BCUT2D eigenvalue weighted by atomic mass is 15.1. The summed E-state index contributed by atoms with van der Waals surface area (Å²) in [6.07, 6.45) is 3.56. The number of hydrogen-bond acceptors (Lipinski definition) is 1. The molecule has 1 heteroatoms. The maximum Gasteiger partial charge on any atom is 0.0171 e. The number of nitrogens with zero attached hydrogens (tertiary/aromatic N) is 1. The standard InChI is InChI=1S/C15H21N/c1-12(2)16-10-8-15(9-11-16)14-6-4-13(3)5-7-14/h4-8,12H,9-11H2,1-3H3. The first-order valence-electron chi connectivity index (χ1n) is 6.17. The van der Waals surface area contributed by atoms with Gasteiger partial charge in [-0.3, -0.25) is 4.90 Å². The van der Waals surface area contributed by atoms with E-state index >= 15 is 0 Å². The third-order valence-corrected chi connectivity index (χ3v) is 3.39. The molecule has 0 aliphatic carbocycles. The van der Waals surface area contributed by atoms with Crippen molar-refractivity contribution < 1.29 is 0 Å². The van der Waals surface area contributed by atoms with Gasteiger partial charge in [-0.15, -0.1) is 0 Å². The normalized spacial score (nSPS) is 17.6. The van der Waals surface area contributed by atoms with Crippen LogP contribution in [0.2, 0.25) is 0 Å². The summed E-state index contributed by atoms with van der Waals surface area (Å²) in [6.45, 7) is 8.97. The van der Waals surface area contributed by atoms with Crippen LogP contribution < -0.4 is 0 Å². The van der Waals surface area contributed by atoms with Gasteiger partial charge in [0.05, 0.1) is 0 Å². The molecule has 1 aromatic carbocycles. The lowest BCUT2D eigenvalue weighted by molar-refractivity contribution is 0.245. The molecule has 0 saturated carbocycles. The van der Waals surface area contributed by atoms with Crippen molar-refractivity contribution in [2.75, 3.05) is 13.1 Å². The maximum absolute atomic E-state index is 2.51. The molecule has 1 heterocycles. The Morgan fingerprint density at radius 1 is 1.12 bits per heavy atom. The molecule has 2 rings (SSSR count). The summed E-state index contributed by atoms with van der Waals surface area (Å²) < 4.78 is 0. The minimum atomic E-state index is 0.663.